The van der Waals surface area contributed by atoms with Crippen LogP contribution in [0.2, 0.25) is 0 Å². The minimum atomic E-state index is 0.00318. The molecule has 0 bridgehead atoms. The molecule has 5 heteroatoms. The molecule has 2 saturated heterocycles. The van der Waals surface area contributed by atoms with E-state index in [4.69, 9.17) is 17.0 Å². The van der Waals surface area contributed by atoms with Gasteiger partial charge in [-0.2, -0.15) is 0 Å². The van der Waals surface area contributed by atoms with Crippen molar-refractivity contribution in [1.29, 1.82) is 0 Å². The summed E-state index contributed by atoms with van der Waals surface area (Å²) in [6, 6.07) is 8.34. The van der Waals surface area contributed by atoms with Gasteiger partial charge in [-0.25, -0.2) is 0 Å². The van der Waals surface area contributed by atoms with Crippen molar-refractivity contribution in [3.8, 4) is 0 Å². The number of hydrogen-bond donors (Lipinski definition) is 0. The fourth-order valence-electron chi connectivity index (χ4n) is 2.78. The molecule has 1 amide bonds. The Morgan fingerprint density at radius 2 is 2.13 bits per heavy atom. The van der Waals surface area contributed by atoms with Crippen LogP contribution in [0.4, 0.5) is 0 Å². The van der Waals surface area contributed by atoms with Crippen LogP contribution in [0.3, 0.4) is 0 Å². The van der Waals surface area contributed by atoms with E-state index >= 15 is 0 Å². The van der Waals surface area contributed by atoms with Crippen molar-refractivity contribution in [3.05, 3.63) is 40.3 Å². The third-order valence-corrected chi connectivity index (χ3v) is 5.56. The normalized spacial score (nSPS) is 23.5. The van der Waals surface area contributed by atoms with E-state index in [-0.39, 0.29) is 12.0 Å². The Morgan fingerprint density at radius 1 is 1.39 bits per heavy atom. The summed E-state index contributed by atoms with van der Waals surface area (Å²) >= 11 is 6.76. The molecule has 1 atom stereocenters. The standard InChI is InChI=1S/C18H21NO2S2/c1-12(2)14-7-5-13(6-8-14)10-16-17(20)19(18(22)23-16)11-15-4-3-9-21-15/h5-8,10,12,15H,3-4,9,11H2,1-2H3/b16-10-. The second-order valence-electron chi connectivity index (χ2n) is 6.25. The van der Waals surface area contributed by atoms with Crippen LogP contribution in [0.15, 0.2) is 29.2 Å². The quantitative estimate of drug-likeness (QED) is 0.603. The number of benzene rings is 1. The minimum absolute atomic E-state index is 0.00318. The molecular formula is C18H21NO2S2. The number of hydrogen-bond acceptors (Lipinski definition) is 4. The van der Waals surface area contributed by atoms with Crippen LogP contribution in [-0.2, 0) is 9.53 Å². The average Bonchev–Trinajstić information content (AvgIpc) is 3.12. The molecule has 3 nitrogen and oxygen atoms in total. The molecule has 2 aliphatic rings. The molecule has 1 aromatic rings. The SMILES string of the molecule is CC(C)c1ccc(/C=C2\SC(=S)N(CC3CCCO3)C2=O)cc1. The van der Waals surface area contributed by atoms with E-state index in [9.17, 15) is 4.79 Å². The third-order valence-electron chi connectivity index (χ3n) is 4.18. The van der Waals surface area contributed by atoms with Crippen LogP contribution in [0.25, 0.3) is 6.08 Å². The van der Waals surface area contributed by atoms with Gasteiger partial charge in [-0.3, -0.25) is 9.69 Å². The Labute approximate surface area is 147 Å². The highest BCUT2D eigenvalue weighted by Crippen LogP contribution is 2.33. The van der Waals surface area contributed by atoms with E-state index in [0.717, 1.165) is 25.0 Å². The number of carbonyl (C=O) groups is 1. The van der Waals surface area contributed by atoms with Crippen molar-refractivity contribution in [2.75, 3.05) is 13.2 Å². The first-order chi connectivity index (χ1) is 11.0. The van der Waals surface area contributed by atoms with Crippen LogP contribution in [-0.4, -0.2) is 34.4 Å². The lowest BCUT2D eigenvalue weighted by atomic mass is 10.0. The molecule has 3 rings (SSSR count). The smallest absolute Gasteiger partial charge is 0.266 e. The molecule has 0 N–H and O–H groups in total. The largest absolute Gasteiger partial charge is 0.376 e. The zero-order valence-corrected chi connectivity index (χ0v) is 15.1. The van der Waals surface area contributed by atoms with E-state index in [1.165, 1.54) is 17.3 Å². The summed E-state index contributed by atoms with van der Waals surface area (Å²) in [5.74, 6) is 0.511. The second kappa shape index (κ2) is 7.16. The third kappa shape index (κ3) is 3.84. The minimum Gasteiger partial charge on any atom is -0.376 e. The van der Waals surface area contributed by atoms with E-state index in [2.05, 4.69) is 38.1 Å². The molecule has 0 aromatic heterocycles. The van der Waals surface area contributed by atoms with Gasteiger partial charge in [-0.05, 0) is 36.0 Å². The fraction of sp³-hybridized carbons (Fsp3) is 0.444. The average molecular weight is 348 g/mol. The molecule has 1 unspecified atom stereocenters. The highest BCUT2D eigenvalue weighted by Gasteiger charge is 2.34. The number of nitrogens with zero attached hydrogens (tertiary/aromatic N) is 1. The maximum Gasteiger partial charge on any atom is 0.266 e. The van der Waals surface area contributed by atoms with Crippen LogP contribution < -0.4 is 0 Å². The van der Waals surface area contributed by atoms with Gasteiger partial charge in [0.25, 0.3) is 5.91 Å². The molecule has 2 heterocycles. The monoisotopic (exact) mass is 347 g/mol. The van der Waals surface area contributed by atoms with Gasteiger partial charge >= 0.3 is 0 Å². The van der Waals surface area contributed by atoms with Crippen molar-refractivity contribution in [3.63, 3.8) is 0 Å². The van der Waals surface area contributed by atoms with Gasteiger partial charge in [0.15, 0.2) is 0 Å². The summed E-state index contributed by atoms with van der Waals surface area (Å²) in [6.07, 6.45) is 4.13. The molecule has 0 spiro atoms. The molecule has 0 aliphatic carbocycles. The van der Waals surface area contributed by atoms with E-state index < -0.39 is 0 Å². The zero-order valence-electron chi connectivity index (χ0n) is 13.5. The van der Waals surface area contributed by atoms with Crippen molar-refractivity contribution in [2.24, 2.45) is 0 Å². The topological polar surface area (TPSA) is 29.5 Å². The molecule has 122 valence electrons. The number of rotatable bonds is 4. The van der Waals surface area contributed by atoms with Crippen molar-refractivity contribution < 1.29 is 9.53 Å². The zero-order chi connectivity index (χ0) is 16.4. The Morgan fingerprint density at radius 3 is 2.74 bits per heavy atom. The maximum atomic E-state index is 12.6. The lowest BCUT2D eigenvalue weighted by Gasteiger charge is -2.18. The van der Waals surface area contributed by atoms with Gasteiger partial charge in [0, 0.05) is 6.61 Å². The van der Waals surface area contributed by atoms with E-state index in [1.54, 1.807) is 4.90 Å². The van der Waals surface area contributed by atoms with Crippen LogP contribution in [0.1, 0.15) is 43.7 Å². The summed E-state index contributed by atoms with van der Waals surface area (Å²) in [6.45, 7) is 5.71. The van der Waals surface area contributed by atoms with Gasteiger partial charge in [-0.15, -0.1) is 0 Å². The molecule has 2 fully saturated rings. The van der Waals surface area contributed by atoms with Gasteiger partial charge in [0.05, 0.1) is 17.6 Å². The van der Waals surface area contributed by atoms with Crippen LogP contribution >= 0.6 is 24.0 Å². The number of carbonyl (C=O) groups excluding carboxylic acids is 1. The second-order valence-corrected chi connectivity index (χ2v) is 7.92. The van der Waals surface area contributed by atoms with Gasteiger partial charge in [0.1, 0.15) is 4.32 Å². The predicted octanol–water partition coefficient (Wildman–Crippen LogP) is 4.19. The fourth-order valence-corrected chi connectivity index (χ4v) is 4.05. The Bertz CT molecular complexity index is 631. The highest BCUT2D eigenvalue weighted by molar-refractivity contribution is 8.26. The van der Waals surface area contributed by atoms with Crippen molar-refractivity contribution in [1.82, 2.24) is 4.90 Å². The lowest BCUT2D eigenvalue weighted by Crippen LogP contribution is -2.35. The summed E-state index contributed by atoms with van der Waals surface area (Å²) < 4.78 is 6.25. The molecule has 23 heavy (non-hydrogen) atoms. The Balaban J connectivity index is 1.72. The highest BCUT2D eigenvalue weighted by atomic mass is 32.2. The Kier molecular flexibility index (Phi) is 5.19. The number of thiocarbonyl (C=S) groups is 1. The van der Waals surface area contributed by atoms with E-state index in [1.807, 2.05) is 6.08 Å². The maximum absolute atomic E-state index is 12.6. The molecule has 1 aromatic carbocycles. The van der Waals surface area contributed by atoms with Crippen molar-refractivity contribution >= 4 is 40.3 Å². The predicted molar refractivity (Wildman–Crippen MR) is 99.4 cm³/mol. The summed E-state index contributed by atoms with van der Waals surface area (Å²) in [5, 5.41) is 0. The summed E-state index contributed by atoms with van der Waals surface area (Å²) in [5.41, 5.74) is 2.33. The summed E-state index contributed by atoms with van der Waals surface area (Å²) in [7, 11) is 0. The van der Waals surface area contributed by atoms with E-state index in [0.29, 0.717) is 21.7 Å². The van der Waals surface area contributed by atoms with Crippen LogP contribution in [0, 0.1) is 0 Å². The molecule has 0 radical (unpaired) electrons. The first kappa shape index (κ1) is 16.7. The molecule has 0 saturated carbocycles. The number of amides is 1. The Hall–Kier alpha value is -1.17. The lowest BCUT2D eigenvalue weighted by molar-refractivity contribution is -0.123. The molecule has 2 aliphatic heterocycles. The first-order valence-corrected chi connectivity index (χ1v) is 9.24. The van der Waals surface area contributed by atoms with Gasteiger partial charge < -0.3 is 4.74 Å². The summed E-state index contributed by atoms with van der Waals surface area (Å²) in [4.78, 5) is 15.0. The number of ether oxygens (including phenoxy) is 1. The van der Waals surface area contributed by atoms with Gasteiger partial charge in [-0.1, -0.05) is 62.1 Å². The first-order valence-electron chi connectivity index (χ1n) is 8.01. The van der Waals surface area contributed by atoms with Crippen molar-refractivity contribution in [2.45, 2.75) is 38.7 Å². The van der Waals surface area contributed by atoms with Gasteiger partial charge in [0.2, 0.25) is 0 Å². The molecular weight excluding hydrogens is 326 g/mol. The number of thioether (sulfide) groups is 1. The van der Waals surface area contributed by atoms with Crippen LogP contribution in [0.5, 0.6) is 0 Å².